The van der Waals surface area contributed by atoms with Crippen LogP contribution in [0.1, 0.15) is 237 Å². The van der Waals surface area contributed by atoms with Crippen molar-refractivity contribution in [1.29, 1.82) is 0 Å². The number of benzene rings is 7. The fourth-order valence-electron chi connectivity index (χ4n) is 12.3. The van der Waals surface area contributed by atoms with Crippen molar-refractivity contribution in [3.63, 3.8) is 0 Å². The molecule has 0 aliphatic rings. The molecular formula is C84H103N4OPt-. The van der Waals surface area contributed by atoms with E-state index in [9.17, 15) is 5.11 Å². The Balaban J connectivity index is 0.00000960. The summed E-state index contributed by atoms with van der Waals surface area (Å²) in [6, 6.07) is 50.6. The van der Waals surface area contributed by atoms with Gasteiger partial charge in [0.05, 0.1) is 27.6 Å². The molecule has 0 bridgehead atoms. The number of hydrogen-bond acceptors (Lipinski definition) is 3. The van der Waals surface area contributed by atoms with E-state index in [1.54, 1.807) is 0 Å². The largest absolute Gasteiger partial charge is 0.507 e. The maximum Gasteiger partial charge on any atom is 0.148 e. The summed E-state index contributed by atoms with van der Waals surface area (Å²) in [6.45, 7) is 61.9. The van der Waals surface area contributed by atoms with E-state index in [1.807, 2.05) is 6.20 Å². The van der Waals surface area contributed by atoms with Crippen molar-refractivity contribution in [2.75, 3.05) is 0 Å². The summed E-state index contributed by atoms with van der Waals surface area (Å²) < 4.78 is 4.88. The molecule has 5 nitrogen and oxygen atoms in total. The third kappa shape index (κ3) is 13.1. The molecule has 0 saturated carbocycles. The average Bonchev–Trinajstić information content (AvgIpc) is 1.55. The first-order valence-corrected chi connectivity index (χ1v) is 32.6. The van der Waals surface area contributed by atoms with Gasteiger partial charge in [0.2, 0.25) is 0 Å². The van der Waals surface area contributed by atoms with Crippen LogP contribution in [-0.4, -0.2) is 24.2 Å². The Bertz CT molecular complexity index is 4350. The quantitative estimate of drug-likeness (QED) is 0.169. The number of phenolic OH excluding ortho intramolecular Hbond substituents is 1. The number of phenols is 1. The van der Waals surface area contributed by atoms with Crippen LogP contribution in [0.15, 0.2) is 128 Å². The van der Waals surface area contributed by atoms with Crippen molar-refractivity contribution in [2.24, 2.45) is 0 Å². The first kappa shape index (κ1) is 67.8. The van der Waals surface area contributed by atoms with E-state index in [1.165, 1.54) is 66.4 Å². The number of fused-ring (bicyclic) bond motifs is 4. The maximum atomic E-state index is 12.8. The Kier molecular flexibility index (Phi) is 17.1. The van der Waals surface area contributed by atoms with E-state index < -0.39 is 0 Å². The molecule has 3 aromatic heterocycles. The number of aromatic hydroxyl groups is 1. The predicted octanol–water partition coefficient (Wildman–Crippen LogP) is 23.4. The molecule has 0 radical (unpaired) electrons. The summed E-state index contributed by atoms with van der Waals surface area (Å²) in [7, 11) is 0. The predicted molar refractivity (Wildman–Crippen MR) is 384 cm³/mol. The third-order valence-electron chi connectivity index (χ3n) is 18.5. The van der Waals surface area contributed by atoms with Gasteiger partial charge >= 0.3 is 0 Å². The molecular weight excluding hydrogens is 1280 g/mol. The summed E-state index contributed by atoms with van der Waals surface area (Å²) in [5, 5.41) is 15.3. The molecule has 10 rings (SSSR count). The molecule has 0 aliphatic heterocycles. The van der Waals surface area contributed by atoms with Gasteiger partial charge in [0.1, 0.15) is 11.6 Å². The number of nitrogens with zero attached hydrogens (tertiary/aromatic N) is 4. The van der Waals surface area contributed by atoms with Gasteiger partial charge in [-0.25, -0.2) is 4.98 Å². The molecule has 0 spiro atoms. The van der Waals surface area contributed by atoms with E-state index in [2.05, 4.69) is 323 Å². The van der Waals surface area contributed by atoms with Crippen molar-refractivity contribution < 1.29 is 26.2 Å². The summed E-state index contributed by atoms with van der Waals surface area (Å²) >= 11 is 0. The van der Waals surface area contributed by atoms with Crippen LogP contribution in [0.5, 0.6) is 5.75 Å². The van der Waals surface area contributed by atoms with E-state index >= 15 is 0 Å². The Morgan fingerprint density at radius 3 is 1.31 bits per heavy atom. The summed E-state index contributed by atoms with van der Waals surface area (Å²) in [5.41, 5.74) is 22.5. The van der Waals surface area contributed by atoms with Gasteiger partial charge in [-0.2, -0.15) is 0 Å². The second kappa shape index (κ2) is 22.6. The minimum atomic E-state index is -0.345. The summed E-state index contributed by atoms with van der Waals surface area (Å²) in [4.78, 5) is 11.1. The normalized spacial score (nSPS) is 13.5. The minimum Gasteiger partial charge on any atom is -0.507 e. The summed E-state index contributed by atoms with van der Waals surface area (Å²) in [6.07, 6.45) is 2.00. The van der Waals surface area contributed by atoms with Crippen LogP contribution in [0.25, 0.3) is 89.1 Å². The minimum absolute atomic E-state index is 0. The van der Waals surface area contributed by atoms with Gasteiger partial charge in [-0.15, -0.1) is 29.3 Å². The summed E-state index contributed by atoms with van der Waals surface area (Å²) in [5.74, 6) is 0.958. The van der Waals surface area contributed by atoms with E-state index in [-0.39, 0.29) is 75.5 Å². The zero-order chi connectivity index (χ0) is 65.6. The van der Waals surface area contributed by atoms with Crippen molar-refractivity contribution in [1.82, 2.24) is 19.1 Å². The van der Waals surface area contributed by atoms with Gasteiger partial charge in [0.15, 0.2) is 0 Å². The molecule has 0 atom stereocenters. The Morgan fingerprint density at radius 1 is 0.367 bits per heavy atom. The second-order valence-electron chi connectivity index (χ2n) is 35.3. The fraction of sp³-hybridized carbons (Fsp3) is 0.429. The van der Waals surface area contributed by atoms with Crippen molar-refractivity contribution in [3.8, 4) is 62.0 Å². The monoisotopic (exact) mass is 1380 g/mol. The Hall–Kier alpha value is -6.55. The molecule has 3 heterocycles. The van der Waals surface area contributed by atoms with Gasteiger partial charge in [-0.05, 0) is 160 Å². The van der Waals surface area contributed by atoms with Crippen LogP contribution in [0.3, 0.4) is 0 Å². The number of para-hydroxylation sites is 1. The van der Waals surface area contributed by atoms with Crippen molar-refractivity contribution >= 4 is 32.8 Å². The van der Waals surface area contributed by atoms with Crippen LogP contribution in [0.4, 0.5) is 0 Å². The van der Waals surface area contributed by atoms with Crippen LogP contribution in [0, 0.1) is 6.07 Å². The van der Waals surface area contributed by atoms with Crippen LogP contribution >= 0.6 is 0 Å². The molecule has 0 saturated heterocycles. The number of rotatable bonds is 6. The van der Waals surface area contributed by atoms with Crippen molar-refractivity contribution in [2.45, 2.75) is 236 Å². The van der Waals surface area contributed by atoms with E-state index in [0.29, 0.717) is 11.4 Å². The number of pyridine rings is 1. The molecule has 0 amide bonds. The standard InChI is InChI=1S/C84H103N4O.Pt/c1-76(2,3)53-31-32-70-65(45-53)66-47-59(82(19,20)21)46-64(73(66)87(70)61-41-55(78(7,8)9)39-56(42-61)79(10,11)12)50-33-34-85-69(38-50)52-35-51(36-54(37-52)77(4,5)6)63-29-28-30-71-72(63)86-75(67-48-60(83(22,23)24)49-68(74(67)89)84(25,26)27)88(71)62-43-57(80(13,14)15)40-58(44-62)81(16,17)18;/h28-34,36-49,89H,1-27H3;/q-1;. The van der Waals surface area contributed by atoms with Gasteiger partial charge in [0.25, 0.3) is 0 Å². The van der Waals surface area contributed by atoms with Crippen molar-refractivity contribution in [3.05, 3.63) is 184 Å². The van der Waals surface area contributed by atoms with Gasteiger partial charge < -0.3 is 9.67 Å². The van der Waals surface area contributed by atoms with Gasteiger partial charge in [0, 0.05) is 66.2 Å². The molecule has 0 unspecified atom stereocenters. The first-order chi connectivity index (χ1) is 40.7. The van der Waals surface area contributed by atoms with Crippen LogP contribution in [0.2, 0.25) is 0 Å². The van der Waals surface area contributed by atoms with E-state index in [0.717, 1.165) is 61.4 Å². The maximum absolute atomic E-state index is 12.8. The molecule has 0 aliphatic carbocycles. The van der Waals surface area contributed by atoms with Crippen LogP contribution in [-0.2, 0) is 69.8 Å². The average molecular weight is 1380 g/mol. The van der Waals surface area contributed by atoms with Gasteiger partial charge in [-0.3, -0.25) is 9.55 Å². The fourth-order valence-corrected chi connectivity index (χ4v) is 12.3. The number of imidazole rings is 1. The number of hydrogen-bond donors (Lipinski definition) is 1. The number of aromatic nitrogens is 4. The zero-order valence-corrected chi connectivity index (χ0v) is 61.9. The smallest absolute Gasteiger partial charge is 0.148 e. The van der Waals surface area contributed by atoms with E-state index in [4.69, 9.17) is 9.97 Å². The molecule has 10 aromatic rings. The Morgan fingerprint density at radius 2 is 0.811 bits per heavy atom. The second-order valence-corrected chi connectivity index (χ2v) is 35.3. The SMILES string of the molecule is CC(C)(C)c1cc(-c2cc(-c3cc(C(C)(C)C)cc4c5cc(C(C)(C)C)ccc5n(-c5cc(C(C)(C)C)cc(C(C)(C)C)c5)c34)ccn2)[c-]c(-c2cccc3c2nc(-c2cc(C(C)(C)C)cc(C(C)(C)C)c2O)n3-c2cc(C(C)(C)C)cc(C(C)(C)C)c2)c1.[Pt]. The molecule has 1 N–H and O–H groups in total. The van der Waals surface area contributed by atoms with Gasteiger partial charge in [-0.1, -0.05) is 241 Å². The molecule has 90 heavy (non-hydrogen) atoms. The third-order valence-corrected chi connectivity index (χ3v) is 18.5. The molecule has 0 fully saturated rings. The van der Waals surface area contributed by atoms with Crippen LogP contribution < -0.4 is 0 Å². The molecule has 6 heteroatoms. The molecule has 7 aromatic carbocycles. The topological polar surface area (TPSA) is 55.9 Å². The zero-order valence-electron chi connectivity index (χ0n) is 59.7. The molecule has 476 valence electrons. The first-order valence-electron chi connectivity index (χ1n) is 32.6. The Labute approximate surface area is 555 Å².